The lowest BCUT2D eigenvalue weighted by molar-refractivity contribution is -0.131. The number of carbonyl (C=O) groups excluding carboxylic acids is 2. The fraction of sp³-hybridized carbons (Fsp3) is 0.333. The Morgan fingerprint density at radius 2 is 1.58 bits per heavy atom. The lowest BCUT2D eigenvalue weighted by Crippen LogP contribution is -2.33. The lowest BCUT2D eigenvalue weighted by Gasteiger charge is -2.23. The smallest absolute Gasteiger partial charge is 0.225 e. The quantitative estimate of drug-likeness (QED) is 0.833. The van der Waals surface area contributed by atoms with E-state index >= 15 is 0 Å². The van der Waals surface area contributed by atoms with Crippen molar-refractivity contribution in [3.05, 3.63) is 65.7 Å². The number of hydrogen-bond donors (Lipinski definition) is 1. The molecule has 2 rings (SSSR count). The maximum absolute atomic E-state index is 12.7. The molecule has 2 aromatic carbocycles. The van der Waals surface area contributed by atoms with Crippen molar-refractivity contribution >= 4 is 17.5 Å². The zero-order chi connectivity index (χ0) is 19.1. The Bertz CT molecular complexity index is 727. The van der Waals surface area contributed by atoms with Gasteiger partial charge in [-0.05, 0) is 23.3 Å². The van der Waals surface area contributed by atoms with Crippen LogP contribution in [0, 0.1) is 0 Å². The number of anilines is 1. The molecular weight excluding hydrogens is 326 g/mol. The number of hydrogen-bond acceptors (Lipinski definition) is 3. The van der Waals surface area contributed by atoms with Gasteiger partial charge >= 0.3 is 0 Å². The van der Waals surface area contributed by atoms with E-state index in [1.165, 1.54) is 6.92 Å². The van der Waals surface area contributed by atoms with Crippen molar-refractivity contribution in [1.29, 1.82) is 0 Å². The summed E-state index contributed by atoms with van der Waals surface area (Å²) in [5, 5.41) is 2.87. The highest BCUT2D eigenvalue weighted by Gasteiger charge is 2.19. The second kappa shape index (κ2) is 9.04. The largest absolute Gasteiger partial charge is 0.378 e. The van der Waals surface area contributed by atoms with E-state index in [-0.39, 0.29) is 24.3 Å². The average molecular weight is 353 g/mol. The van der Waals surface area contributed by atoms with E-state index in [1.807, 2.05) is 73.6 Å². The van der Waals surface area contributed by atoms with E-state index in [1.54, 1.807) is 11.9 Å². The van der Waals surface area contributed by atoms with Crippen molar-refractivity contribution in [3.8, 4) is 0 Å². The Labute approximate surface area is 155 Å². The fourth-order valence-corrected chi connectivity index (χ4v) is 2.77. The molecule has 1 N–H and O–H groups in total. The van der Waals surface area contributed by atoms with Gasteiger partial charge < -0.3 is 15.1 Å². The molecule has 5 nitrogen and oxygen atoms in total. The van der Waals surface area contributed by atoms with Crippen molar-refractivity contribution in [1.82, 2.24) is 10.2 Å². The van der Waals surface area contributed by atoms with Gasteiger partial charge in [0.2, 0.25) is 11.8 Å². The van der Waals surface area contributed by atoms with Gasteiger partial charge in [0.25, 0.3) is 0 Å². The van der Waals surface area contributed by atoms with Gasteiger partial charge in [-0.25, -0.2) is 0 Å². The van der Waals surface area contributed by atoms with Crippen LogP contribution in [-0.2, 0) is 16.1 Å². The van der Waals surface area contributed by atoms with Crippen LogP contribution in [0.1, 0.15) is 30.5 Å². The third kappa shape index (κ3) is 5.62. The molecule has 1 atom stereocenters. The van der Waals surface area contributed by atoms with E-state index < -0.39 is 0 Å². The molecule has 0 aliphatic carbocycles. The molecule has 0 radical (unpaired) electrons. The summed E-state index contributed by atoms with van der Waals surface area (Å²) in [5.41, 5.74) is 3.12. The van der Waals surface area contributed by atoms with Crippen molar-refractivity contribution in [2.45, 2.75) is 25.9 Å². The maximum Gasteiger partial charge on any atom is 0.225 e. The second-order valence-corrected chi connectivity index (χ2v) is 6.68. The fourth-order valence-electron chi connectivity index (χ4n) is 2.77. The first-order valence-corrected chi connectivity index (χ1v) is 8.69. The van der Waals surface area contributed by atoms with Crippen LogP contribution in [0.4, 0.5) is 5.69 Å². The number of amides is 2. The van der Waals surface area contributed by atoms with E-state index in [2.05, 4.69) is 5.32 Å². The van der Waals surface area contributed by atoms with Crippen LogP contribution in [0.2, 0.25) is 0 Å². The zero-order valence-corrected chi connectivity index (χ0v) is 15.9. The van der Waals surface area contributed by atoms with E-state index in [9.17, 15) is 9.59 Å². The van der Waals surface area contributed by atoms with Crippen LogP contribution in [0.3, 0.4) is 0 Å². The standard InChI is InChI=1S/C21H27N3O2/c1-16(25)22-20(18-8-6-5-7-9-18)14-21(26)24(4)15-17-10-12-19(13-11-17)23(2)3/h5-13,20H,14-15H2,1-4H3,(H,22,25). The Morgan fingerprint density at radius 1 is 0.962 bits per heavy atom. The van der Waals surface area contributed by atoms with Gasteiger partial charge in [-0.15, -0.1) is 0 Å². The number of carbonyl (C=O) groups is 2. The molecule has 0 aliphatic heterocycles. The number of benzene rings is 2. The highest BCUT2D eigenvalue weighted by molar-refractivity contribution is 5.79. The van der Waals surface area contributed by atoms with Gasteiger partial charge in [0.05, 0.1) is 12.5 Å². The summed E-state index contributed by atoms with van der Waals surface area (Å²) in [6, 6.07) is 17.4. The second-order valence-electron chi connectivity index (χ2n) is 6.68. The number of nitrogens with zero attached hydrogens (tertiary/aromatic N) is 2. The summed E-state index contributed by atoms with van der Waals surface area (Å²) >= 11 is 0. The summed E-state index contributed by atoms with van der Waals surface area (Å²) in [5.74, 6) is -0.155. The molecule has 1 unspecified atom stereocenters. The Kier molecular flexibility index (Phi) is 6.78. The highest BCUT2D eigenvalue weighted by Crippen LogP contribution is 2.19. The first kappa shape index (κ1) is 19.5. The maximum atomic E-state index is 12.7. The zero-order valence-electron chi connectivity index (χ0n) is 15.9. The molecule has 26 heavy (non-hydrogen) atoms. The van der Waals surface area contributed by atoms with Crippen molar-refractivity contribution in [2.75, 3.05) is 26.0 Å². The van der Waals surface area contributed by atoms with Crippen LogP contribution >= 0.6 is 0 Å². The Morgan fingerprint density at radius 3 is 2.12 bits per heavy atom. The molecular formula is C21H27N3O2. The van der Waals surface area contributed by atoms with E-state index in [0.717, 1.165) is 16.8 Å². The molecule has 5 heteroatoms. The van der Waals surface area contributed by atoms with E-state index in [0.29, 0.717) is 6.54 Å². The van der Waals surface area contributed by atoms with Crippen molar-refractivity contribution in [2.24, 2.45) is 0 Å². The SMILES string of the molecule is CC(=O)NC(CC(=O)N(C)Cc1ccc(N(C)C)cc1)c1ccccc1. The molecule has 2 amide bonds. The third-order valence-corrected chi connectivity index (χ3v) is 4.26. The van der Waals surface area contributed by atoms with Gasteiger partial charge in [-0.1, -0.05) is 42.5 Å². The summed E-state index contributed by atoms with van der Waals surface area (Å²) in [6.45, 7) is 2.00. The Balaban J connectivity index is 2.02. The van der Waals surface area contributed by atoms with Gasteiger partial charge in [-0.2, -0.15) is 0 Å². The molecule has 138 valence electrons. The minimum Gasteiger partial charge on any atom is -0.378 e. The Hall–Kier alpha value is -2.82. The molecule has 0 aromatic heterocycles. The minimum absolute atomic E-state index is 0.00992. The van der Waals surface area contributed by atoms with Crippen LogP contribution in [-0.4, -0.2) is 37.9 Å². The molecule has 2 aromatic rings. The summed E-state index contributed by atoms with van der Waals surface area (Å²) in [7, 11) is 5.78. The summed E-state index contributed by atoms with van der Waals surface area (Å²) in [4.78, 5) is 27.9. The predicted octanol–water partition coefficient (Wildman–Crippen LogP) is 2.98. The molecule has 0 saturated carbocycles. The number of nitrogens with one attached hydrogen (secondary N) is 1. The van der Waals surface area contributed by atoms with Crippen LogP contribution < -0.4 is 10.2 Å². The van der Waals surface area contributed by atoms with Crippen LogP contribution in [0.5, 0.6) is 0 Å². The van der Waals surface area contributed by atoms with E-state index in [4.69, 9.17) is 0 Å². The normalized spacial score (nSPS) is 11.5. The molecule has 0 saturated heterocycles. The number of rotatable bonds is 7. The van der Waals surface area contributed by atoms with Gasteiger partial charge in [0, 0.05) is 40.3 Å². The van der Waals surface area contributed by atoms with Gasteiger partial charge in [0.1, 0.15) is 0 Å². The average Bonchev–Trinajstić information content (AvgIpc) is 2.62. The van der Waals surface area contributed by atoms with Gasteiger partial charge in [-0.3, -0.25) is 9.59 Å². The predicted molar refractivity (Wildman–Crippen MR) is 105 cm³/mol. The topological polar surface area (TPSA) is 52.7 Å². The first-order chi connectivity index (χ1) is 12.4. The van der Waals surface area contributed by atoms with Crippen molar-refractivity contribution < 1.29 is 9.59 Å². The monoisotopic (exact) mass is 353 g/mol. The summed E-state index contributed by atoms with van der Waals surface area (Å²) < 4.78 is 0. The minimum atomic E-state index is -0.320. The van der Waals surface area contributed by atoms with Crippen LogP contribution in [0.25, 0.3) is 0 Å². The van der Waals surface area contributed by atoms with Gasteiger partial charge in [0.15, 0.2) is 0 Å². The summed E-state index contributed by atoms with van der Waals surface area (Å²) in [6.07, 6.45) is 0.232. The lowest BCUT2D eigenvalue weighted by atomic mass is 10.0. The third-order valence-electron chi connectivity index (χ3n) is 4.26. The van der Waals surface area contributed by atoms with Crippen LogP contribution in [0.15, 0.2) is 54.6 Å². The molecule has 0 heterocycles. The molecule has 0 fully saturated rings. The first-order valence-electron chi connectivity index (χ1n) is 8.69. The molecule has 0 spiro atoms. The van der Waals surface area contributed by atoms with Crippen molar-refractivity contribution in [3.63, 3.8) is 0 Å². The highest BCUT2D eigenvalue weighted by atomic mass is 16.2. The molecule has 0 bridgehead atoms. The molecule has 0 aliphatic rings.